The lowest BCUT2D eigenvalue weighted by Crippen LogP contribution is -1.99. The first-order valence-corrected chi connectivity index (χ1v) is 16.3. The van der Waals surface area contributed by atoms with Gasteiger partial charge in [0.1, 0.15) is 29.6 Å². The van der Waals surface area contributed by atoms with Crippen LogP contribution in [-0.2, 0) is 11.2 Å². The predicted octanol–water partition coefficient (Wildman–Crippen LogP) is 19.8. The van der Waals surface area contributed by atoms with Gasteiger partial charge in [0.2, 0.25) is 0 Å². The average Bonchev–Trinajstić information content (AvgIpc) is 2.94. The van der Waals surface area contributed by atoms with Gasteiger partial charge >= 0.3 is 1.43 Å². The summed E-state index contributed by atoms with van der Waals surface area (Å²) in [7, 11) is 0. The summed E-state index contributed by atoms with van der Waals surface area (Å²) in [4.78, 5) is 9.84. The Morgan fingerprint density at radius 2 is 0.815 bits per heavy atom. The summed E-state index contributed by atoms with van der Waals surface area (Å²) in [5.41, 5.74) is 1.10. The van der Waals surface area contributed by atoms with E-state index in [-0.39, 0.29) is 92.0 Å². The molecule has 54 heavy (non-hydrogen) atoms. The van der Waals surface area contributed by atoms with Crippen LogP contribution in [0.25, 0.3) is 0 Å². The maximum absolute atomic E-state index is 12.9. The zero-order chi connectivity index (χ0) is 31.4. The second-order valence-corrected chi connectivity index (χ2v) is 11.1. The van der Waals surface area contributed by atoms with Crippen molar-refractivity contribution in [2.45, 2.75) is 238 Å². The molecule has 2 aromatic carbocycles. The highest BCUT2D eigenvalue weighted by molar-refractivity contribution is 5.48. The molecule has 0 saturated heterocycles. The third-order valence-corrected chi connectivity index (χ3v) is 7.02. The van der Waals surface area contributed by atoms with Crippen LogP contribution in [0.2, 0.25) is 0 Å². The number of hydrogen-bond acceptors (Lipinski definition) is 2. The number of carbonyl (C=O) groups excluding carboxylic acids is 1. The van der Waals surface area contributed by atoms with Crippen LogP contribution in [0.3, 0.4) is 0 Å². The second-order valence-electron chi connectivity index (χ2n) is 11.1. The van der Waals surface area contributed by atoms with Crippen LogP contribution in [0.1, 0.15) is 246 Å². The average molecular weight is 792 g/mol. The summed E-state index contributed by atoms with van der Waals surface area (Å²) in [5, 5.41) is 9.79. The molecular formula is C48H107F4O2+. The lowest BCUT2D eigenvalue weighted by atomic mass is 10.0. The number of aldehydes is 1. The van der Waals surface area contributed by atoms with E-state index in [9.17, 15) is 27.5 Å². The first-order chi connectivity index (χ1) is 20.3. The number of aliphatic hydroxyl groups excluding tert-OH is 1. The Hall–Kier alpha value is -2.21. The van der Waals surface area contributed by atoms with Gasteiger partial charge in [-0.3, -0.25) is 0 Å². The molecule has 0 aliphatic heterocycles. The van der Waals surface area contributed by atoms with Gasteiger partial charge in [-0.25, -0.2) is 17.6 Å². The van der Waals surface area contributed by atoms with Crippen LogP contribution in [0.15, 0.2) is 36.4 Å². The molecule has 1 N–H and O–H groups in total. The van der Waals surface area contributed by atoms with Gasteiger partial charge in [-0.15, -0.1) is 0 Å². The maximum Gasteiger partial charge on any atom is 1.00 e. The van der Waals surface area contributed by atoms with Crippen molar-refractivity contribution in [3.63, 3.8) is 0 Å². The second kappa shape index (κ2) is 62.8. The van der Waals surface area contributed by atoms with Crippen LogP contribution >= 0.6 is 0 Å². The van der Waals surface area contributed by atoms with E-state index in [0.717, 1.165) is 75.3 Å². The number of aryl methyl sites for hydroxylation is 1. The molecule has 0 aliphatic rings. The Bertz CT molecular complexity index is 894. The smallest absolute Gasteiger partial charge is 0.388 e. The molecule has 2 aromatic rings. The number of benzene rings is 2. The van der Waals surface area contributed by atoms with Crippen molar-refractivity contribution in [1.82, 2.24) is 0 Å². The Balaban J connectivity index is -0.0000000317. The number of rotatable bonds is 20. The molecule has 0 spiro atoms. The van der Waals surface area contributed by atoms with E-state index in [1.165, 1.54) is 88.5 Å². The number of carbonyl (C=O) groups is 1. The molecular weight excluding hydrogens is 685 g/mol. The van der Waals surface area contributed by atoms with Gasteiger partial charge in [0.25, 0.3) is 0 Å². The molecule has 338 valence electrons. The van der Waals surface area contributed by atoms with Gasteiger partial charge in [0, 0.05) is 20.0 Å². The van der Waals surface area contributed by atoms with E-state index < -0.39 is 29.4 Å². The zero-order valence-corrected chi connectivity index (χ0v) is 26.4. The van der Waals surface area contributed by atoms with Gasteiger partial charge in [-0.1, -0.05) is 200 Å². The summed E-state index contributed by atoms with van der Waals surface area (Å²) in [6.45, 7) is 6.53. The van der Waals surface area contributed by atoms with Crippen LogP contribution < -0.4 is 0 Å². The summed E-state index contributed by atoms with van der Waals surface area (Å²) < 4.78 is 51.6. The highest BCUT2D eigenvalue weighted by Gasteiger charge is 2.10. The van der Waals surface area contributed by atoms with E-state index in [1.807, 2.05) is 0 Å². The van der Waals surface area contributed by atoms with E-state index >= 15 is 0 Å². The fourth-order valence-corrected chi connectivity index (χ4v) is 4.57. The van der Waals surface area contributed by atoms with Gasteiger partial charge in [-0.05, 0) is 61.1 Å². The van der Waals surface area contributed by atoms with E-state index in [1.54, 1.807) is 0 Å². The Kier molecular flexibility index (Phi) is 103. The number of aliphatic hydroxyl groups is 1. The molecule has 2 rings (SSSR count). The van der Waals surface area contributed by atoms with Crippen molar-refractivity contribution in [3.05, 3.63) is 70.8 Å². The molecule has 0 saturated carbocycles. The van der Waals surface area contributed by atoms with Crippen LogP contribution in [0, 0.1) is 23.3 Å². The Morgan fingerprint density at radius 3 is 1.19 bits per heavy atom. The summed E-state index contributed by atoms with van der Waals surface area (Å²) in [5.74, 6) is -2.21. The van der Waals surface area contributed by atoms with Gasteiger partial charge < -0.3 is 9.90 Å². The van der Waals surface area contributed by atoms with E-state index in [0.29, 0.717) is 12.0 Å². The van der Waals surface area contributed by atoms with E-state index in [2.05, 4.69) is 20.8 Å². The van der Waals surface area contributed by atoms with Crippen molar-refractivity contribution in [1.29, 1.82) is 0 Å². The minimum Gasteiger partial charge on any atom is -0.388 e. The van der Waals surface area contributed by atoms with Crippen molar-refractivity contribution in [2.75, 3.05) is 0 Å². The first-order valence-electron chi connectivity index (χ1n) is 16.3. The van der Waals surface area contributed by atoms with Crippen molar-refractivity contribution in [2.24, 2.45) is 0 Å². The largest absolute Gasteiger partial charge is 1.00 e. The van der Waals surface area contributed by atoms with Crippen LogP contribution in [0.4, 0.5) is 17.6 Å². The molecule has 0 amide bonds. The highest BCUT2D eigenvalue weighted by atomic mass is 19.1. The molecule has 0 bridgehead atoms. The molecule has 6 heteroatoms. The topological polar surface area (TPSA) is 37.3 Å². The number of halogens is 4. The minimum atomic E-state index is -0.762. The van der Waals surface area contributed by atoms with Gasteiger partial charge in [0.15, 0.2) is 0 Å². The molecule has 0 aliphatic carbocycles. The number of hydrogen-bond donors (Lipinski definition) is 1. The SMILES string of the molecule is C.C.C.C.C.C.C.C.C.C.C.C.CCCCCCCC(O)c1cc(F)cc(F)c1.CCCCCCCC=O.CCCCCCCCc1cc(F)cc(F)c1.[H+].[HH]. The fraction of sp³-hybridized carbons (Fsp3) is 0.729. The minimum absolute atomic E-state index is 0. The normalized spacial score (nSPS) is 8.74. The van der Waals surface area contributed by atoms with Crippen LogP contribution in [-0.4, -0.2) is 11.4 Å². The summed E-state index contributed by atoms with van der Waals surface area (Å²) in [6.07, 6.45) is 21.2. The quantitative estimate of drug-likeness (QED) is 0.0824. The van der Waals surface area contributed by atoms with Crippen molar-refractivity contribution in [3.8, 4) is 0 Å². The lowest BCUT2D eigenvalue weighted by molar-refractivity contribution is -0.107. The van der Waals surface area contributed by atoms with E-state index in [4.69, 9.17) is 0 Å². The monoisotopic (exact) mass is 792 g/mol. The molecule has 0 radical (unpaired) electrons. The van der Waals surface area contributed by atoms with Gasteiger partial charge in [-0.2, -0.15) is 0 Å². The predicted molar refractivity (Wildman–Crippen MR) is 252 cm³/mol. The lowest BCUT2D eigenvalue weighted by Gasteiger charge is -2.11. The summed E-state index contributed by atoms with van der Waals surface area (Å²) >= 11 is 0. The van der Waals surface area contributed by atoms with Crippen LogP contribution in [0.5, 0.6) is 0 Å². The molecule has 0 heterocycles. The Morgan fingerprint density at radius 1 is 0.500 bits per heavy atom. The number of unbranched alkanes of at least 4 members (excludes halogenated alkanes) is 14. The fourth-order valence-electron chi connectivity index (χ4n) is 4.57. The maximum atomic E-state index is 12.9. The molecule has 0 aromatic heterocycles. The first kappa shape index (κ1) is 88.8. The third-order valence-electron chi connectivity index (χ3n) is 7.02. The van der Waals surface area contributed by atoms with Gasteiger partial charge in [0.05, 0.1) is 6.10 Å². The van der Waals surface area contributed by atoms with Crippen molar-refractivity contribution >= 4 is 6.29 Å². The highest BCUT2D eigenvalue weighted by Crippen LogP contribution is 2.22. The standard InChI is InChI=1S/C14H20F2O.C14H20F2.C8H16O.12CH4.H2/c1-2-3-4-5-6-7-14(17)11-8-12(15)10-13(16)9-11;1-2-3-4-5-6-7-8-12-9-13(15)11-14(16)10-12;1-2-3-4-5-6-7-8-9;;;;;;;;;;;;;/h8-10,14,17H,2-7H2,1H3;9-11H,2-8H2,1H3;8H,2-7H2,1H3;12*1H4;1H/p+1. The van der Waals surface area contributed by atoms with Crippen molar-refractivity contribution < 1.29 is 30.3 Å². The molecule has 0 fully saturated rings. The Labute approximate surface area is 344 Å². The molecule has 2 nitrogen and oxygen atoms in total. The third kappa shape index (κ3) is 54.1. The molecule has 1 atom stereocenters. The summed E-state index contributed by atoms with van der Waals surface area (Å²) in [6, 6.07) is 6.98. The molecule has 1 unspecified atom stereocenters. The zero-order valence-electron chi connectivity index (χ0n) is 27.4.